The molecule has 0 bridgehead atoms. The zero-order valence-corrected chi connectivity index (χ0v) is 15.3. The smallest absolute Gasteiger partial charge is 0.165 e. The van der Waals surface area contributed by atoms with Crippen molar-refractivity contribution in [3.8, 4) is 11.1 Å². The Hall–Kier alpha value is -3.38. The molecule has 2 heterocycles. The summed E-state index contributed by atoms with van der Waals surface area (Å²) in [6.45, 7) is 0.0351. The van der Waals surface area contributed by atoms with E-state index in [4.69, 9.17) is 0 Å². The fourth-order valence-electron chi connectivity index (χ4n) is 2.99. The Bertz CT molecular complexity index is 1070. The maximum Gasteiger partial charge on any atom is 0.165 e. The van der Waals surface area contributed by atoms with Gasteiger partial charge >= 0.3 is 0 Å². The largest absolute Gasteiger partial charge is 0.392 e. The van der Waals surface area contributed by atoms with Crippen LogP contribution >= 0.6 is 0 Å². The number of benzene rings is 2. The van der Waals surface area contributed by atoms with Crippen molar-refractivity contribution in [2.75, 3.05) is 24.3 Å². The van der Waals surface area contributed by atoms with Gasteiger partial charge in [0.25, 0.3) is 0 Å². The highest BCUT2D eigenvalue weighted by Crippen LogP contribution is 2.27. The molecule has 0 amide bonds. The number of fused-ring (bicyclic) bond motifs is 1. The molecule has 6 heteroatoms. The molecule has 2 aromatic heterocycles. The van der Waals surface area contributed by atoms with Crippen molar-refractivity contribution >= 4 is 22.8 Å². The average Bonchev–Trinajstić information content (AvgIpc) is 3.13. The summed E-state index contributed by atoms with van der Waals surface area (Å²) in [5.41, 5.74) is 5.73. The molecule has 0 atom stereocenters. The second kappa shape index (κ2) is 7.09. The Kier molecular flexibility index (Phi) is 4.48. The molecule has 2 N–H and O–H groups in total. The van der Waals surface area contributed by atoms with Crippen LogP contribution < -0.4 is 10.2 Å². The SMILES string of the molecule is CN(C)c1cccc(Nc2ccnc3c(-c4ccc(CO)cc4)cnn23)c1. The number of anilines is 3. The van der Waals surface area contributed by atoms with Gasteiger partial charge in [0.15, 0.2) is 5.65 Å². The van der Waals surface area contributed by atoms with E-state index in [1.54, 1.807) is 10.7 Å². The first-order chi connectivity index (χ1) is 13.2. The fraction of sp³-hybridized carbons (Fsp3) is 0.143. The summed E-state index contributed by atoms with van der Waals surface area (Å²) in [4.78, 5) is 6.58. The summed E-state index contributed by atoms with van der Waals surface area (Å²) in [6, 6.07) is 17.9. The molecule has 27 heavy (non-hydrogen) atoms. The van der Waals surface area contributed by atoms with Crippen molar-refractivity contribution in [1.29, 1.82) is 0 Å². The van der Waals surface area contributed by atoms with Crippen LogP contribution in [0.1, 0.15) is 5.56 Å². The number of aromatic nitrogens is 3. The quantitative estimate of drug-likeness (QED) is 0.569. The van der Waals surface area contributed by atoms with Crippen LogP contribution in [0, 0.1) is 0 Å². The first-order valence-corrected chi connectivity index (χ1v) is 8.73. The summed E-state index contributed by atoms with van der Waals surface area (Å²) in [5.74, 6) is 0.842. The summed E-state index contributed by atoms with van der Waals surface area (Å²) >= 11 is 0. The standard InChI is InChI=1S/C21H21N5O/c1-25(2)18-5-3-4-17(12-18)24-20-10-11-22-21-19(13-23-26(20)21)16-8-6-15(14-27)7-9-16/h3-13,24,27H,14H2,1-2H3. The lowest BCUT2D eigenvalue weighted by Crippen LogP contribution is -2.08. The Balaban J connectivity index is 1.71. The zero-order chi connectivity index (χ0) is 18.8. The van der Waals surface area contributed by atoms with Gasteiger partial charge in [-0.1, -0.05) is 30.3 Å². The summed E-state index contributed by atoms with van der Waals surface area (Å²) < 4.78 is 1.80. The predicted octanol–water partition coefficient (Wildman–Crippen LogP) is 3.70. The van der Waals surface area contributed by atoms with E-state index in [1.165, 1.54) is 0 Å². The van der Waals surface area contributed by atoms with Gasteiger partial charge in [0, 0.05) is 37.2 Å². The van der Waals surface area contributed by atoms with Crippen LogP contribution in [0.2, 0.25) is 0 Å². The number of nitrogens with one attached hydrogen (secondary N) is 1. The van der Waals surface area contributed by atoms with E-state index in [1.807, 2.05) is 62.8 Å². The van der Waals surface area contributed by atoms with Crippen molar-refractivity contribution in [2.45, 2.75) is 6.61 Å². The van der Waals surface area contributed by atoms with Crippen molar-refractivity contribution < 1.29 is 5.11 Å². The number of hydrogen-bond acceptors (Lipinski definition) is 5. The van der Waals surface area contributed by atoms with Gasteiger partial charge in [0.05, 0.1) is 12.8 Å². The first kappa shape index (κ1) is 17.1. The van der Waals surface area contributed by atoms with Gasteiger partial charge in [-0.2, -0.15) is 9.61 Å². The van der Waals surface area contributed by atoms with E-state index in [0.29, 0.717) is 0 Å². The van der Waals surface area contributed by atoms with Crippen LogP contribution in [-0.2, 0) is 6.61 Å². The molecule has 0 unspecified atom stereocenters. The normalized spacial score (nSPS) is 10.9. The van der Waals surface area contributed by atoms with Crippen molar-refractivity contribution in [1.82, 2.24) is 14.6 Å². The van der Waals surface area contributed by atoms with Crippen LogP contribution in [0.15, 0.2) is 67.0 Å². The molecule has 0 saturated carbocycles. The molecule has 0 aliphatic carbocycles. The minimum absolute atomic E-state index is 0.0351. The van der Waals surface area contributed by atoms with E-state index in [2.05, 4.69) is 32.4 Å². The van der Waals surface area contributed by atoms with E-state index < -0.39 is 0 Å². The zero-order valence-electron chi connectivity index (χ0n) is 15.3. The molecule has 0 aliphatic heterocycles. The second-order valence-electron chi connectivity index (χ2n) is 6.55. The Labute approximate surface area is 157 Å². The molecule has 0 fully saturated rings. The van der Waals surface area contributed by atoms with Crippen LogP contribution in [-0.4, -0.2) is 33.8 Å². The molecular formula is C21H21N5O. The number of aliphatic hydroxyl groups excluding tert-OH is 1. The highest BCUT2D eigenvalue weighted by atomic mass is 16.3. The van der Waals surface area contributed by atoms with E-state index >= 15 is 0 Å². The molecular weight excluding hydrogens is 338 g/mol. The van der Waals surface area contributed by atoms with E-state index in [0.717, 1.165) is 39.5 Å². The van der Waals surface area contributed by atoms with Crippen LogP contribution in [0.3, 0.4) is 0 Å². The molecule has 4 aromatic rings. The third-order valence-corrected chi connectivity index (χ3v) is 4.48. The minimum atomic E-state index is 0.0351. The van der Waals surface area contributed by atoms with E-state index in [9.17, 15) is 5.11 Å². The molecule has 0 spiro atoms. The molecule has 136 valence electrons. The average molecular weight is 359 g/mol. The van der Waals surface area contributed by atoms with Crippen LogP contribution in [0.25, 0.3) is 16.8 Å². The van der Waals surface area contributed by atoms with Crippen LogP contribution in [0.4, 0.5) is 17.2 Å². The Morgan fingerprint density at radius 3 is 2.63 bits per heavy atom. The molecule has 4 rings (SSSR count). The van der Waals surface area contributed by atoms with Crippen molar-refractivity contribution in [2.24, 2.45) is 0 Å². The predicted molar refractivity (Wildman–Crippen MR) is 108 cm³/mol. The minimum Gasteiger partial charge on any atom is -0.392 e. The molecule has 6 nitrogen and oxygen atoms in total. The van der Waals surface area contributed by atoms with Crippen molar-refractivity contribution in [3.05, 3.63) is 72.6 Å². The van der Waals surface area contributed by atoms with Gasteiger partial charge < -0.3 is 15.3 Å². The highest BCUT2D eigenvalue weighted by molar-refractivity contribution is 5.78. The van der Waals surface area contributed by atoms with Gasteiger partial charge in [-0.3, -0.25) is 0 Å². The number of rotatable bonds is 5. The number of hydrogen-bond donors (Lipinski definition) is 2. The van der Waals surface area contributed by atoms with Gasteiger partial charge in [-0.15, -0.1) is 0 Å². The fourth-order valence-corrected chi connectivity index (χ4v) is 2.99. The molecule has 2 aromatic carbocycles. The summed E-state index contributed by atoms with van der Waals surface area (Å²) in [6.07, 6.45) is 3.60. The van der Waals surface area contributed by atoms with Gasteiger partial charge in [0.1, 0.15) is 5.82 Å². The number of aliphatic hydroxyl groups is 1. The van der Waals surface area contributed by atoms with Gasteiger partial charge in [-0.25, -0.2) is 4.98 Å². The third-order valence-electron chi connectivity index (χ3n) is 4.48. The molecule has 0 aliphatic rings. The monoisotopic (exact) mass is 359 g/mol. The first-order valence-electron chi connectivity index (χ1n) is 8.73. The van der Waals surface area contributed by atoms with Crippen LogP contribution in [0.5, 0.6) is 0 Å². The van der Waals surface area contributed by atoms with Gasteiger partial charge in [0.2, 0.25) is 0 Å². The van der Waals surface area contributed by atoms with Crippen molar-refractivity contribution in [3.63, 3.8) is 0 Å². The van der Waals surface area contributed by atoms with Gasteiger partial charge in [-0.05, 0) is 35.4 Å². The highest BCUT2D eigenvalue weighted by Gasteiger charge is 2.11. The second-order valence-corrected chi connectivity index (χ2v) is 6.55. The number of nitrogens with zero attached hydrogens (tertiary/aromatic N) is 4. The lowest BCUT2D eigenvalue weighted by molar-refractivity contribution is 0.282. The van der Waals surface area contributed by atoms with E-state index in [-0.39, 0.29) is 6.61 Å². The summed E-state index contributed by atoms with van der Waals surface area (Å²) in [7, 11) is 4.04. The topological polar surface area (TPSA) is 65.7 Å². The Morgan fingerprint density at radius 2 is 1.89 bits per heavy atom. The maximum absolute atomic E-state index is 9.22. The lowest BCUT2D eigenvalue weighted by atomic mass is 10.1. The molecule has 0 radical (unpaired) electrons. The molecule has 0 saturated heterocycles. The maximum atomic E-state index is 9.22. The Morgan fingerprint density at radius 1 is 1.07 bits per heavy atom. The third kappa shape index (κ3) is 3.35. The summed E-state index contributed by atoms with van der Waals surface area (Å²) in [5, 5.41) is 17.2. The lowest BCUT2D eigenvalue weighted by Gasteiger charge is -2.14.